The van der Waals surface area contributed by atoms with Crippen molar-refractivity contribution in [2.75, 3.05) is 13.2 Å². The first-order valence-electron chi connectivity index (χ1n) is 4.02. The molecule has 0 aromatic carbocycles. The maximum Gasteiger partial charge on any atom is 0.459 e. The molecule has 7 heteroatoms. The molecular weight excluding hydrogens is 179 g/mol. The summed E-state index contributed by atoms with van der Waals surface area (Å²) in [7, 11) is -1.73. The standard InChI is InChI=1S/C6H13BO6/c8-1-4-6(10)5(9)3(2-13-4)7(11)12/h3-6,8-12H,1-2H2/t3-,4+,5+,6+/m0/s1. The second-order valence-electron chi connectivity index (χ2n) is 3.11. The largest absolute Gasteiger partial charge is 0.459 e. The van der Waals surface area contributed by atoms with Crippen LogP contribution in [0.5, 0.6) is 0 Å². The van der Waals surface area contributed by atoms with Crippen LogP contribution in [-0.4, -0.2) is 64.0 Å². The zero-order valence-corrected chi connectivity index (χ0v) is 6.95. The van der Waals surface area contributed by atoms with E-state index in [4.69, 9.17) is 19.9 Å². The minimum Gasteiger partial charge on any atom is -0.427 e. The van der Waals surface area contributed by atoms with E-state index in [-0.39, 0.29) is 6.61 Å². The Bertz CT molecular complexity index is 165. The maximum atomic E-state index is 9.35. The van der Waals surface area contributed by atoms with Crippen molar-refractivity contribution < 1.29 is 30.1 Å². The molecule has 1 aliphatic heterocycles. The molecule has 0 bridgehead atoms. The van der Waals surface area contributed by atoms with Crippen LogP contribution in [0.4, 0.5) is 0 Å². The minimum atomic E-state index is -1.73. The van der Waals surface area contributed by atoms with Gasteiger partial charge in [0.15, 0.2) is 0 Å². The molecule has 0 aromatic rings. The van der Waals surface area contributed by atoms with Gasteiger partial charge in [0.25, 0.3) is 0 Å². The molecule has 0 unspecified atom stereocenters. The molecule has 0 aliphatic carbocycles. The van der Waals surface area contributed by atoms with Gasteiger partial charge in [0.05, 0.1) is 19.3 Å². The van der Waals surface area contributed by atoms with E-state index in [1.807, 2.05) is 0 Å². The first-order valence-corrected chi connectivity index (χ1v) is 4.02. The summed E-state index contributed by atoms with van der Waals surface area (Å²) in [6.45, 7) is -0.506. The molecule has 1 heterocycles. The topological polar surface area (TPSA) is 110 Å². The summed E-state index contributed by atoms with van der Waals surface area (Å²) in [6, 6.07) is 0. The maximum absolute atomic E-state index is 9.35. The summed E-state index contributed by atoms with van der Waals surface area (Å²) in [5.74, 6) is -0.933. The number of aliphatic hydroxyl groups excluding tert-OH is 3. The fraction of sp³-hybridized carbons (Fsp3) is 1.00. The van der Waals surface area contributed by atoms with Gasteiger partial charge in [0.2, 0.25) is 0 Å². The van der Waals surface area contributed by atoms with E-state index < -0.39 is 37.9 Å². The van der Waals surface area contributed by atoms with Crippen molar-refractivity contribution in [1.29, 1.82) is 0 Å². The van der Waals surface area contributed by atoms with Crippen LogP contribution in [0.2, 0.25) is 5.82 Å². The van der Waals surface area contributed by atoms with E-state index in [2.05, 4.69) is 0 Å². The van der Waals surface area contributed by atoms with Crippen LogP contribution in [0.1, 0.15) is 0 Å². The average molecular weight is 192 g/mol. The van der Waals surface area contributed by atoms with Gasteiger partial charge in [-0.3, -0.25) is 0 Å². The van der Waals surface area contributed by atoms with Crippen molar-refractivity contribution in [3.63, 3.8) is 0 Å². The summed E-state index contributed by atoms with van der Waals surface area (Å²) in [4.78, 5) is 0. The Kier molecular flexibility index (Phi) is 3.66. The summed E-state index contributed by atoms with van der Waals surface area (Å²) >= 11 is 0. The van der Waals surface area contributed by atoms with E-state index in [9.17, 15) is 10.2 Å². The highest BCUT2D eigenvalue weighted by molar-refractivity contribution is 6.43. The van der Waals surface area contributed by atoms with E-state index >= 15 is 0 Å². The molecule has 1 fully saturated rings. The molecule has 1 saturated heterocycles. The van der Waals surface area contributed by atoms with Gasteiger partial charge in [0, 0.05) is 5.82 Å². The highest BCUT2D eigenvalue weighted by Crippen LogP contribution is 2.25. The third kappa shape index (κ3) is 2.19. The van der Waals surface area contributed by atoms with E-state index in [0.29, 0.717) is 0 Å². The van der Waals surface area contributed by atoms with Crippen molar-refractivity contribution >= 4 is 7.12 Å². The van der Waals surface area contributed by atoms with Crippen molar-refractivity contribution in [2.45, 2.75) is 24.1 Å². The predicted molar refractivity (Wildman–Crippen MR) is 42.8 cm³/mol. The first kappa shape index (κ1) is 10.9. The third-order valence-electron chi connectivity index (χ3n) is 2.24. The SMILES string of the molecule is OC[C@H]1OC[C@H](B(O)O)[C@@H](O)[C@@H]1O. The van der Waals surface area contributed by atoms with Crippen LogP contribution < -0.4 is 0 Å². The number of rotatable bonds is 2. The average Bonchev–Trinajstić information content (AvgIpc) is 2.09. The van der Waals surface area contributed by atoms with Gasteiger partial charge >= 0.3 is 7.12 Å². The Hall–Kier alpha value is -0.175. The highest BCUT2D eigenvalue weighted by atomic mass is 16.5. The van der Waals surface area contributed by atoms with E-state index in [1.165, 1.54) is 0 Å². The Morgan fingerprint density at radius 3 is 2.31 bits per heavy atom. The molecular formula is C6H13BO6. The van der Waals surface area contributed by atoms with Crippen LogP contribution in [0, 0.1) is 0 Å². The minimum absolute atomic E-state index is 0.0961. The lowest BCUT2D eigenvalue weighted by molar-refractivity contribution is -0.150. The van der Waals surface area contributed by atoms with Gasteiger partial charge in [-0.1, -0.05) is 0 Å². The van der Waals surface area contributed by atoms with Gasteiger partial charge in [-0.25, -0.2) is 0 Å². The number of aliphatic hydroxyl groups is 3. The van der Waals surface area contributed by atoms with Gasteiger partial charge < -0.3 is 30.1 Å². The van der Waals surface area contributed by atoms with Crippen molar-refractivity contribution in [3.8, 4) is 0 Å². The van der Waals surface area contributed by atoms with Crippen LogP contribution in [0.15, 0.2) is 0 Å². The van der Waals surface area contributed by atoms with Crippen molar-refractivity contribution in [2.24, 2.45) is 0 Å². The van der Waals surface area contributed by atoms with Crippen LogP contribution in [0.25, 0.3) is 0 Å². The van der Waals surface area contributed by atoms with Crippen LogP contribution >= 0.6 is 0 Å². The lowest BCUT2D eigenvalue weighted by Crippen LogP contribution is -2.53. The first-order chi connectivity index (χ1) is 6.07. The van der Waals surface area contributed by atoms with Crippen molar-refractivity contribution in [1.82, 2.24) is 0 Å². The van der Waals surface area contributed by atoms with Crippen molar-refractivity contribution in [3.05, 3.63) is 0 Å². The number of hydrogen-bond acceptors (Lipinski definition) is 6. The molecule has 1 rings (SSSR count). The van der Waals surface area contributed by atoms with E-state index in [0.717, 1.165) is 0 Å². The summed E-state index contributed by atoms with van der Waals surface area (Å²) in [5.41, 5.74) is 0. The second kappa shape index (κ2) is 4.36. The zero-order valence-electron chi connectivity index (χ0n) is 6.95. The molecule has 1 aliphatic rings. The molecule has 0 aromatic heterocycles. The summed E-state index contributed by atoms with van der Waals surface area (Å²) in [6.07, 6.45) is -3.43. The number of hydrogen-bond donors (Lipinski definition) is 5. The molecule has 5 N–H and O–H groups in total. The Morgan fingerprint density at radius 2 is 1.85 bits per heavy atom. The van der Waals surface area contributed by atoms with Gasteiger partial charge in [-0.05, 0) is 0 Å². The Balaban J connectivity index is 2.59. The Morgan fingerprint density at radius 1 is 1.23 bits per heavy atom. The smallest absolute Gasteiger partial charge is 0.427 e. The molecule has 0 amide bonds. The lowest BCUT2D eigenvalue weighted by atomic mass is 9.67. The van der Waals surface area contributed by atoms with Crippen LogP contribution in [-0.2, 0) is 4.74 Å². The fourth-order valence-electron chi connectivity index (χ4n) is 1.33. The lowest BCUT2D eigenvalue weighted by Gasteiger charge is -2.36. The molecule has 13 heavy (non-hydrogen) atoms. The zero-order chi connectivity index (χ0) is 10.0. The highest BCUT2D eigenvalue weighted by Gasteiger charge is 2.43. The van der Waals surface area contributed by atoms with Gasteiger partial charge in [-0.2, -0.15) is 0 Å². The summed E-state index contributed by atoms with van der Waals surface area (Å²) < 4.78 is 4.90. The number of ether oxygens (including phenoxy) is 1. The quantitative estimate of drug-likeness (QED) is 0.297. The van der Waals surface area contributed by atoms with E-state index in [1.54, 1.807) is 0 Å². The normalized spacial score (nSPS) is 40.4. The molecule has 0 saturated carbocycles. The van der Waals surface area contributed by atoms with Gasteiger partial charge in [0.1, 0.15) is 12.2 Å². The molecule has 6 nitrogen and oxygen atoms in total. The molecule has 76 valence electrons. The fourth-order valence-corrected chi connectivity index (χ4v) is 1.33. The second-order valence-corrected chi connectivity index (χ2v) is 3.11. The predicted octanol–water partition coefficient (Wildman–Crippen LogP) is -3.06. The third-order valence-corrected chi connectivity index (χ3v) is 2.24. The monoisotopic (exact) mass is 192 g/mol. The van der Waals surface area contributed by atoms with Crippen LogP contribution in [0.3, 0.4) is 0 Å². The molecule has 0 radical (unpaired) electrons. The molecule has 0 spiro atoms. The molecule has 4 atom stereocenters. The Labute approximate surface area is 75.5 Å². The van der Waals surface area contributed by atoms with Gasteiger partial charge in [-0.15, -0.1) is 0 Å². The summed E-state index contributed by atoms with van der Waals surface area (Å²) in [5, 5.41) is 44.9.